The van der Waals surface area contributed by atoms with E-state index < -0.39 is 11.9 Å². The van der Waals surface area contributed by atoms with Crippen molar-refractivity contribution in [3.8, 4) is 11.4 Å². The number of halogens is 1. The minimum atomic E-state index is -0.888. The fraction of sp³-hybridized carbons (Fsp3) is 0.286. The first-order chi connectivity index (χ1) is 18.6. The van der Waals surface area contributed by atoms with E-state index in [4.69, 9.17) is 0 Å². The maximum atomic E-state index is 14.2. The Hall–Kier alpha value is -4.47. The van der Waals surface area contributed by atoms with Crippen molar-refractivity contribution in [3.63, 3.8) is 0 Å². The first kappa shape index (κ1) is 25.2. The van der Waals surface area contributed by atoms with Crippen LogP contribution in [0.4, 0.5) is 4.39 Å². The average molecular weight is 514 g/mol. The van der Waals surface area contributed by atoms with Crippen molar-refractivity contribution >= 4 is 11.8 Å². The summed E-state index contributed by atoms with van der Waals surface area (Å²) < 4.78 is 14.2. The van der Waals surface area contributed by atoms with Crippen LogP contribution in [-0.4, -0.2) is 47.9 Å². The van der Waals surface area contributed by atoms with Crippen molar-refractivity contribution in [1.29, 1.82) is 0 Å². The molecule has 10 heteroatoms. The third-order valence-electron chi connectivity index (χ3n) is 6.64. The molecule has 0 spiro atoms. The van der Waals surface area contributed by atoms with E-state index in [1.807, 2.05) is 30.3 Å². The Morgan fingerprint density at radius 2 is 1.71 bits per heavy atom. The number of benzene rings is 2. The molecule has 1 aliphatic carbocycles. The van der Waals surface area contributed by atoms with Crippen LogP contribution >= 0.6 is 0 Å². The van der Waals surface area contributed by atoms with Crippen LogP contribution in [0.3, 0.4) is 0 Å². The molecule has 0 aliphatic heterocycles. The zero-order valence-corrected chi connectivity index (χ0v) is 20.8. The molecule has 2 amide bonds. The highest BCUT2D eigenvalue weighted by Gasteiger charge is 2.33. The predicted octanol–water partition coefficient (Wildman–Crippen LogP) is 3.70. The molecule has 1 N–H and O–H groups in total. The van der Waals surface area contributed by atoms with E-state index in [1.54, 1.807) is 42.7 Å². The normalized spacial score (nSPS) is 14.2. The molecule has 5 rings (SSSR count). The second-order valence-corrected chi connectivity index (χ2v) is 9.30. The van der Waals surface area contributed by atoms with Crippen molar-refractivity contribution in [2.75, 3.05) is 0 Å². The van der Waals surface area contributed by atoms with Crippen LogP contribution in [0.1, 0.15) is 42.9 Å². The quantitative estimate of drug-likeness (QED) is 0.366. The van der Waals surface area contributed by atoms with Gasteiger partial charge in [0.15, 0.2) is 0 Å². The third kappa shape index (κ3) is 5.91. The van der Waals surface area contributed by atoms with Gasteiger partial charge in [-0.05, 0) is 53.4 Å². The molecule has 2 aromatic carbocycles. The highest BCUT2D eigenvalue weighted by atomic mass is 19.1. The third-order valence-corrected chi connectivity index (χ3v) is 6.64. The van der Waals surface area contributed by atoms with Crippen LogP contribution in [0, 0.1) is 5.82 Å². The van der Waals surface area contributed by atoms with E-state index >= 15 is 0 Å². The van der Waals surface area contributed by atoms with E-state index in [1.165, 1.54) is 11.0 Å². The maximum absolute atomic E-state index is 14.2. The number of pyridine rings is 1. The molecule has 38 heavy (non-hydrogen) atoms. The Bertz CT molecular complexity index is 1370. The zero-order chi connectivity index (χ0) is 26.3. The van der Waals surface area contributed by atoms with Gasteiger partial charge in [0.25, 0.3) is 0 Å². The first-order valence-corrected chi connectivity index (χ1v) is 12.6. The Morgan fingerprint density at radius 3 is 2.45 bits per heavy atom. The molecule has 0 bridgehead atoms. The topological polar surface area (TPSA) is 106 Å². The Labute approximate surface area is 219 Å². The number of aromatic nitrogens is 5. The molecule has 2 aromatic heterocycles. The second kappa shape index (κ2) is 11.7. The molecular formula is C28H28FN7O2. The number of nitrogens with zero attached hydrogens (tertiary/aromatic N) is 6. The Balaban J connectivity index is 1.45. The van der Waals surface area contributed by atoms with Crippen LogP contribution in [0.5, 0.6) is 0 Å². The van der Waals surface area contributed by atoms with Crippen LogP contribution in [0.15, 0.2) is 79.1 Å². The molecule has 0 radical (unpaired) electrons. The molecule has 194 valence electrons. The number of carbonyl (C=O) groups is 2. The number of hydrogen-bond acceptors (Lipinski definition) is 6. The predicted molar refractivity (Wildman–Crippen MR) is 138 cm³/mol. The Morgan fingerprint density at radius 1 is 1.00 bits per heavy atom. The van der Waals surface area contributed by atoms with Gasteiger partial charge in [-0.2, -0.15) is 4.80 Å². The lowest BCUT2D eigenvalue weighted by atomic mass is 10.0. The number of hydrogen-bond donors (Lipinski definition) is 1. The van der Waals surface area contributed by atoms with Gasteiger partial charge in [-0.3, -0.25) is 14.6 Å². The molecule has 1 atom stereocenters. The van der Waals surface area contributed by atoms with Gasteiger partial charge in [0.2, 0.25) is 17.6 Å². The molecule has 0 saturated heterocycles. The summed E-state index contributed by atoms with van der Waals surface area (Å²) in [6, 6.07) is 18.3. The van der Waals surface area contributed by atoms with Crippen molar-refractivity contribution in [2.24, 2.45) is 0 Å². The first-order valence-electron chi connectivity index (χ1n) is 12.6. The molecule has 1 unspecified atom stereocenters. The van der Waals surface area contributed by atoms with Gasteiger partial charge < -0.3 is 10.2 Å². The van der Waals surface area contributed by atoms with Crippen molar-refractivity contribution in [3.05, 3.63) is 96.1 Å². The van der Waals surface area contributed by atoms with E-state index in [2.05, 4.69) is 25.7 Å². The lowest BCUT2D eigenvalue weighted by Crippen LogP contribution is -2.46. The van der Waals surface area contributed by atoms with Crippen LogP contribution in [0.2, 0.25) is 0 Å². The summed E-state index contributed by atoms with van der Waals surface area (Å²) in [4.78, 5) is 34.3. The minimum Gasteiger partial charge on any atom is -0.351 e. The van der Waals surface area contributed by atoms with Gasteiger partial charge >= 0.3 is 0 Å². The monoisotopic (exact) mass is 513 g/mol. The summed E-state index contributed by atoms with van der Waals surface area (Å²) in [5, 5.41) is 15.3. The average Bonchev–Trinajstić information content (AvgIpc) is 3.62. The molecule has 1 saturated carbocycles. The fourth-order valence-corrected chi connectivity index (χ4v) is 4.74. The van der Waals surface area contributed by atoms with Crippen molar-refractivity contribution < 1.29 is 14.0 Å². The van der Waals surface area contributed by atoms with Crippen LogP contribution in [-0.2, 0) is 22.7 Å². The summed E-state index contributed by atoms with van der Waals surface area (Å²) in [7, 11) is 0. The molecule has 4 aromatic rings. The second-order valence-electron chi connectivity index (χ2n) is 9.30. The lowest BCUT2D eigenvalue weighted by Gasteiger charge is -2.32. The summed E-state index contributed by atoms with van der Waals surface area (Å²) >= 11 is 0. The smallest absolute Gasteiger partial charge is 0.247 e. The van der Waals surface area contributed by atoms with Gasteiger partial charge in [-0.15, -0.1) is 10.2 Å². The summed E-state index contributed by atoms with van der Waals surface area (Å²) in [6.45, 7) is -0.0772. The Kier molecular flexibility index (Phi) is 7.77. The van der Waals surface area contributed by atoms with Gasteiger partial charge in [0, 0.05) is 25.0 Å². The van der Waals surface area contributed by atoms with E-state index in [0.717, 1.165) is 36.0 Å². The summed E-state index contributed by atoms with van der Waals surface area (Å²) in [6.07, 6.45) is 7.19. The van der Waals surface area contributed by atoms with Gasteiger partial charge in [0.1, 0.15) is 18.4 Å². The highest BCUT2D eigenvalue weighted by molar-refractivity contribution is 5.88. The van der Waals surface area contributed by atoms with E-state index in [-0.39, 0.29) is 42.3 Å². The van der Waals surface area contributed by atoms with Crippen molar-refractivity contribution in [1.82, 2.24) is 35.4 Å². The molecule has 9 nitrogen and oxygen atoms in total. The summed E-state index contributed by atoms with van der Waals surface area (Å²) in [5.74, 6) is -1.03. The molecule has 2 heterocycles. The molecular weight excluding hydrogens is 485 g/mol. The SMILES string of the molecule is O=C(NC1CCCC1)C(c1ccncc1)N(Cc1ccccc1)C(=O)Cn1nnc(-c2ccccc2F)n1. The number of tetrazole rings is 1. The summed E-state index contributed by atoms with van der Waals surface area (Å²) in [5.41, 5.74) is 1.71. The fourth-order valence-electron chi connectivity index (χ4n) is 4.74. The molecule has 1 fully saturated rings. The van der Waals surface area contributed by atoms with Crippen LogP contribution < -0.4 is 5.32 Å². The number of carbonyl (C=O) groups excluding carboxylic acids is 2. The van der Waals surface area contributed by atoms with Crippen molar-refractivity contribution in [2.45, 2.75) is 50.9 Å². The maximum Gasteiger partial charge on any atom is 0.247 e. The van der Waals surface area contributed by atoms with Gasteiger partial charge in [0.05, 0.1) is 5.56 Å². The largest absolute Gasteiger partial charge is 0.351 e. The number of rotatable bonds is 9. The van der Waals surface area contributed by atoms with E-state index in [9.17, 15) is 14.0 Å². The minimum absolute atomic E-state index is 0.0789. The lowest BCUT2D eigenvalue weighted by molar-refractivity contribution is -0.142. The van der Waals surface area contributed by atoms with Gasteiger partial charge in [-0.1, -0.05) is 55.3 Å². The van der Waals surface area contributed by atoms with E-state index in [0.29, 0.717) is 5.56 Å². The number of amides is 2. The molecule has 1 aliphatic rings. The standard InChI is InChI=1S/C28H28FN7O2/c29-24-13-7-6-12-23(24)27-32-34-36(33-27)19-25(37)35(18-20-8-2-1-3-9-20)26(21-14-16-30-17-15-21)28(38)31-22-10-4-5-11-22/h1-3,6-9,12-17,22,26H,4-5,10-11,18-19H2,(H,31,38). The number of nitrogens with one attached hydrogen (secondary N) is 1. The highest BCUT2D eigenvalue weighted by Crippen LogP contribution is 2.26. The zero-order valence-electron chi connectivity index (χ0n) is 20.8. The van der Waals surface area contributed by atoms with Crippen LogP contribution in [0.25, 0.3) is 11.4 Å². The van der Waals surface area contributed by atoms with Gasteiger partial charge in [-0.25, -0.2) is 4.39 Å².